The number of carbonyl (C=O) groups excluding carboxylic acids is 1. The number of nitrogens with zero attached hydrogens (tertiary/aromatic N) is 3. The molecule has 3 rings (SSSR count). The van der Waals surface area contributed by atoms with E-state index in [-0.39, 0.29) is 0 Å². The van der Waals surface area contributed by atoms with Gasteiger partial charge in [0, 0.05) is 31.9 Å². The van der Waals surface area contributed by atoms with Crippen LogP contribution < -0.4 is 15.1 Å². The number of anilines is 3. The summed E-state index contributed by atoms with van der Waals surface area (Å²) in [5.41, 5.74) is 3.20. The van der Waals surface area contributed by atoms with Crippen LogP contribution >= 0.6 is 0 Å². The molecule has 1 aromatic carbocycles. The molecule has 25 heavy (non-hydrogen) atoms. The number of ether oxygens (including phenoxy) is 1. The maximum atomic E-state index is 11.4. The van der Waals surface area contributed by atoms with E-state index in [4.69, 9.17) is 4.74 Å². The van der Waals surface area contributed by atoms with Crippen molar-refractivity contribution in [1.29, 1.82) is 0 Å². The van der Waals surface area contributed by atoms with Crippen LogP contribution in [0.2, 0.25) is 0 Å². The molecule has 1 saturated heterocycles. The van der Waals surface area contributed by atoms with Crippen LogP contribution in [0.15, 0.2) is 42.6 Å². The molecule has 0 radical (unpaired) electrons. The van der Waals surface area contributed by atoms with Gasteiger partial charge < -0.3 is 14.5 Å². The van der Waals surface area contributed by atoms with Crippen molar-refractivity contribution >= 4 is 23.3 Å². The summed E-state index contributed by atoms with van der Waals surface area (Å²) in [5.74, 6) is 0.929. The lowest BCUT2D eigenvalue weighted by molar-refractivity contribution is 0.168. The monoisotopic (exact) mass is 340 g/mol. The van der Waals surface area contributed by atoms with Crippen molar-refractivity contribution in [2.45, 2.75) is 13.8 Å². The predicted octanol–water partition coefficient (Wildman–Crippen LogP) is 3.29. The highest BCUT2D eigenvalue weighted by Crippen LogP contribution is 2.21. The molecule has 1 amide bonds. The molecule has 2 aromatic rings. The lowest BCUT2D eigenvalue weighted by Crippen LogP contribution is -2.46. The maximum absolute atomic E-state index is 11.4. The summed E-state index contributed by atoms with van der Waals surface area (Å²) in [6, 6.07) is 12.4. The topological polar surface area (TPSA) is 57.7 Å². The second-order valence-corrected chi connectivity index (χ2v) is 6.06. The SMILES string of the molecule is CCOC(=O)Nc1ccc(N2CCN(c3cccc(C)c3)CC2)nc1. The molecule has 0 atom stereocenters. The van der Waals surface area contributed by atoms with Crippen LogP contribution in [0.4, 0.5) is 22.0 Å². The molecule has 6 heteroatoms. The van der Waals surface area contributed by atoms with Crippen LogP contribution in [0, 0.1) is 6.92 Å². The molecule has 2 heterocycles. The van der Waals surface area contributed by atoms with Gasteiger partial charge in [-0.1, -0.05) is 12.1 Å². The first kappa shape index (κ1) is 17.1. The number of piperazine rings is 1. The number of benzene rings is 1. The molecule has 0 unspecified atom stereocenters. The van der Waals surface area contributed by atoms with Gasteiger partial charge in [0.1, 0.15) is 5.82 Å². The maximum Gasteiger partial charge on any atom is 0.411 e. The molecule has 1 fully saturated rings. The standard InChI is InChI=1S/C19H24N4O2/c1-3-25-19(24)21-16-7-8-18(20-14-16)23-11-9-22(10-12-23)17-6-4-5-15(2)13-17/h4-8,13-14H,3,9-12H2,1-2H3,(H,21,24). The fraction of sp³-hybridized carbons (Fsp3) is 0.368. The highest BCUT2D eigenvalue weighted by Gasteiger charge is 2.18. The summed E-state index contributed by atoms with van der Waals surface area (Å²) >= 11 is 0. The van der Waals surface area contributed by atoms with Crippen molar-refractivity contribution < 1.29 is 9.53 Å². The average molecular weight is 340 g/mol. The lowest BCUT2D eigenvalue weighted by atomic mass is 10.2. The lowest BCUT2D eigenvalue weighted by Gasteiger charge is -2.36. The number of pyridine rings is 1. The molecule has 6 nitrogen and oxygen atoms in total. The fourth-order valence-corrected chi connectivity index (χ4v) is 2.95. The van der Waals surface area contributed by atoms with E-state index in [0.717, 1.165) is 32.0 Å². The minimum absolute atomic E-state index is 0.350. The summed E-state index contributed by atoms with van der Waals surface area (Å²) in [6.07, 6.45) is 1.21. The third kappa shape index (κ3) is 4.41. The average Bonchev–Trinajstić information content (AvgIpc) is 2.63. The number of amides is 1. The third-order valence-electron chi connectivity index (χ3n) is 4.24. The molecule has 0 saturated carbocycles. The molecular weight excluding hydrogens is 316 g/mol. The Morgan fingerprint density at radius 1 is 1.16 bits per heavy atom. The zero-order valence-electron chi connectivity index (χ0n) is 14.7. The first-order valence-electron chi connectivity index (χ1n) is 8.62. The first-order chi connectivity index (χ1) is 12.2. The number of aryl methyl sites for hydroxylation is 1. The Bertz CT molecular complexity index is 710. The molecule has 0 bridgehead atoms. The summed E-state index contributed by atoms with van der Waals surface area (Å²) in [4.78, 5) is 20.5. The highest BCUT2D eigenvalue weighted by atomic mass is 16.5. The molecule has 1 aromatic heterocycles. The van der Waals surface area contributed by atoms with Gasteiger partial charge in [0.15, 0.2) is 0 Å². The van der Waals surface area contributed by atoms with Gasteiger partial charge in [0.2, 0.25) is 0 Å². The zero-order valence-corrected chi connectivity index (χ0v) is 14.7. The third-order valence-corrected chi connectivity index (χ3v) is 4.24. The van der Waals surface area contributed by atoms with Crippen LogP contribution in [0.3, 0.4) is 0 Å². The van der Waals surface area contributed by atoms with Crippen molar-refractivity contribution in [2.24, 2.45) is 0 Å². The molecule has 0 spiro atoms. The Morgan fingerprint density at radius 3 is 2.56 bits per heavy atom. The van der Waals surface area contributed by atoms with E-state index in [9.17, 15) is 4.79 Å². The van der Waals surface area contributed by atoms with E-state index in [2.05, 4.69) is 51.3 Å². The van der Waals surface area contributed by atoms with Crippen molar-refractivity contribution in [1.82, 2.24) is 4.98 Å². The second-order valence-electron chi connectivity index (χ2n) is 6.06. The summed E-state index contributed by atoms with van der Waals surface area (Å²) < 4.78 is 4.86. The van der Waals surface area contributed by atoms with Gasteiger partial charge in [-0.3, -0.25) is 5.32 Å². The highest BCUT2D eigenvalue weighted by molar-refractivity contribution is 5.84. The number of carbonyl (C=O) groups is 1. The molecule has 1 aliphatic rings. The largest absolute Gasteiger partial charge is 0.450 e. The Kier molecular flexibility index (Phi) is 5.38. The van der Waals surface area contributed by atoms with Gasteiger partial charge in [-0.25, -0.2) is 9.78 Å². The molecule has 132 valence electrons. The Morgan fingerprint density at radius 2 is 1.92 bits per heavy atom. The van der Waals surface area contributed by atoms with E-state index in [1.165, 1.54) is 11.3 Å². The van der Waals surface area contributed by atoms with E-state index in [1.54, 1.807) is 13.1 Å². The minimum atomic E-state index is -0.455. The van der Waals surface area contributed by atoms with E-state index in [0.29, 0.717) is 12.3 Å². The zero-order chi connectivity index (χ0) is 17.6. The van der Waals surface area contributed by atoms with Gasteiger partial charge in [0.25, 0.3) is 0 Å². The van der Waals surface area contributed by atoms with E-state index < -0.39 is 6.09 Å². The normalized spacial score (nSPS) is 14.3. The quantitative estimate of drug-likeness (QED) is 0.925. The van der Waals surface area contributed by atoms with Crippen molar-refractivity contribution in [2.75, 3.05) is 47.9 Å². The van der Waals surface area contributed by atoms with Gasteiger partial charge in [0.05, 0.1) is 18.5 Å². The van der Waals surface area contributed by atoms with Crippen molar-refractivity contribution in [3.8, 4) is 0 Å². The van der Waals surface area contributed by atoms with E-state index in [1.807, 2.05) is 12.1 Å². The molecule has 1 N–H and O–H groups in total. The summed E-state index contributed by atoms with van der Waals surface area (Å²) in [7, 11) is 0. The molecular formula is C19H24N4O2. The smallest absolute Gasteiger partial charge is 0.411 e. The molecule has 0 aliphatic carbocycles. The van der Waals surface area contributed by atoms with Crippen LogP contribution in [0.25, 0.3) is 0 Å². The Labute approximate surface area is 148 Å². The Hall–Kier alpha value is -2.76. The number of nitrogens with one attached hydrogen (secondary N) is 1. The van der Waals surface area contributed by atoms with Crippen molar-refractivity contribution in [3.05, 3.63) is 48.2 Å². The Balaban J connectivity index is 1.56. The number of hydrogen-bond acceptors (Lipinski definition) is 5. The second kappa shape index (κ2) is 7.88. The number of hydrogen-bond donors (Lipinski definition) is 1. The van der Waals surface area contributed by atoms with Crippen LogP contribution in [0.5, 0.6) is 0 Å². The van der Waals surface area contributed by atoms with Crippen molar-refractivity contribution in [3.63, 3.8) is 0 Å². The van der Waals surface area contributed by atoms with Crippen LogP contribution in [-0.4, -0.2) is 43.9 Å². The van der Waals surface area contributed by atoms with Crippen LogP contribution in [0.1, 0.15) is 12.5 Å². The van der Waals surface area contributed by atoms with Gasteiger partial charge in [-0.2, -0.15) is 0 Å². The minimum Gasteiger partial charge on any atom is -0.450 e. The van der Waals surface area contributed by atoms with E-state index >= 15 is 0 Å². The molecule has 1 aliphatic heterocycles. The fourth-order valence-electron chi connectivity index (χ4n) is 2.95. The van der Waals surface area contributed by atoms with Gasteiger partial charge >= 0.3 is 6.09 Å². The number of aromatic nitrogens is 1. The van der Waals surface area contributed by atoms with Gasteiger partial charge in [-0.05, 0) is 43.7 Å². The summed E-state index contributed by atoms with van der Waals surface area (Å²) in [6.45, 7) is 8.02. The van der Waals surface area contributed by atoms with Crippen LogP contribution in [-0.2, 0) is 4.74 Å². The summed E-state index contributed by atoms with van der Waals surface area (Å²) in [5, 5.41) is 2.66. The number of rotatable bonds is 4. The first-order valence-corrected chi connectivity index (χ1v) is 8.62. The van der Waals surface area contributed by atoms with Gasteiger partial charge in [-0.15, -0.1) is 0 Å². The predicted molar refractivity (Wildman–Crippen MR) is 100 cm³/mol.